The van der Waals surface area contributed by atoms with Crippen molar-refractivity contribution in [2.24, 2.45) is 7.05 Å². The number of aromatic nitrogens is 5. The van der Waals surface area contributed by atoms with Crippen molar-refractivity contribution in [1.29, 1.82) is 0 Å². The summed E-state index contributed by atoms with van der Waals surface area (Å²) >= 11 is 6.12. The van der Waals surface area contributed by atoms with Crippen molar-refractivity contribution >= 4 is 28.5 Å². The summed E-state index contributed by atoms with van der Waals surface area (Å²) in [6.07, 6.45) is 3.51. The number of fused-ring (bicyclic) bond motifs is 1. The van der Waals surface area contributed by atoms with Gasteiger partial charge in [-0.25, -0.2) is 4.68 Å². The maximum Gasteiger partial charge on any atom is 0.226 e. The van der Waals surface area contributed by atoms with Crippen molar-refractivity contribution in [1.82, 2.24) is 24.7 Å². The lowest BCUT2D eigenvalue weighted by atomic mass is 10.1. The fraction of sp³-hybridized carbons (Fsp3) is 0.111. The first-order valence-corrected chi connectivity index (χ1v) is 8.18. The number of hydrogen-bond acceptors (Lipinski definition) is 5. The number of anilines is 1. The summed E-state index contributed by atoms with van der Waals surface area (Å²) in [4.78, 5) is 12.9. The summed E-state index contributed by atoms with van der Waals surface area (Å²) in [6, 6.07) is 13.9. The topological polar surface area (TPSA) is 68.5 Å². The quantitative estimate of drug-likeness (QED) is 0.568. The van der Waals surface area contributed by atoms with Gasteiger partial charge in [0.1, 0.15) is 11.5 Å². The van der Waals surface area contributed by atoms with Gasteiger partial charge in [-0.1, -0.05) is 30.3 Å². The van der Waals surface area contributed by atoms with Crippen LogP contribution in [0, 0.1) is 0 Å². The molecule has 7 heteroatoms. The van der Waals surface area contributed by atoms with Crippen molar-refractivity contribution in [3.63, 3.8) is 0 Å². The first kappa shape index (κ1) is 15.5. The Morgan fingerprint density at radius 1 is 1.08 bits per heavy atom. The molecule has 0 saturated heterocycles. The van der Waals surface area contributed by atoms with Crippen molar-refractivity contribution in [3.8, 4) is 11.3 Å². The minimum Gasteiger partial charge on any atom is -0.365 e. The van der Waals surface area contributed by atoms with E-state index in [0.717, 1.165) is 22.2 Å². The second kappa shape index (κ2) is 6.49. The van der Waals surface area contributed by atoms with E-state index in [0.29, 0.717) is 18.0 Å². The molecule has 6 nitrogen and oxygen atoms in total. The Morgan fingerprint density at radius 3 is 2.68 bits per heavy atom. The lowest BCUT2D eigenvalue weighted by Crippen LogP contribution is -2.03. The second-order valence-electron chi connectivity index (χ2n) is 5.59. The van der Waals surface area contributed by atoms with Gasteiger partial charge >= 0.3 is 0 Å². The highest BCUT2D eigenvalue weighted by atomic mass is 35.5. The monoisotopic (exact) mass is 350 g/mol. The van der Waals surface area contributed by atoms with Crippen LogP contribution in [0.4, 0.5) is 5.82 Å². The van der Waals surface area contributed by atoms with E-state index in [1.807, 2.05) is 37.4 Å². The minimum atomic E-state index is 0.184. The van der Waals surface area contributed by atoms with E-state index in [2.05, 4.69) is 37.5 Å². The number of halogens is 1. The molecule has 4 aromatic rings. The maximum absolute atomic E-state index is 6.12. The number of pyridine rings is 1. The van der Waals surface area contributed by atoms with Crippen LogP contribution in [0.3, 0.4) is 0 Å². The molecule has 0 atom stereocenters. The van der Waals surface area contributed by atoms with Crippen LogP contribution in [0.1, 0.15) is 5.56 Å². The molecule has 0 fully saturated rings. The molecule has 0 aliphatic carbocycles. The fourth-order valence-electron chi connectivity index (χ4n) is 2.74. The normalized spacial score (nSPS) is 11.0. The molecule has 0 aliphatic heterocycles. The highest BCUT2D eigenvalue weighted by molar-refractivity contribution is 6.29. The Bertz CT molecular complexity index is 1010. The Kier molecular flexibility index (Phi) is 4.03. The zero-order valence-electron chi connectivity index (χ0n) is 13.5. The van der Waals surface area contributed by atoms with E-state index in [1.54, 1.807) is 17.1 Å². The highest BCUT2D eigenvalue weighted by Gasteiger charge is 2.18. The summed E-state index contributed by atoms with van der Waals surface area (Å²) < 4.78 is 1.71. The van der Waals surface area contributed by atoms with E-state index in [4.69, 9.17) is 11.6 Å². The highest BCUT2D eigenvalue weighted by Crippen LogP contribution is 2.32. The van der Waals surface area contributed by atoms with Crippen LogP contribution in [0.2, 0.25) is 5.28 Å². The SMILES string of the molecule is Cn1nc(-c2cccnc2)c2c(NCc3ccccc3)nc(Cl)nc21. The van der Waals surface area contributed by atoms with E-state index in [1.165, 1.54) is 0 Å². The largest absolute Gasteiger partial charge is 0.365 e. The van der Waals surface area contributed by atoms with Crippen molar-refractivity contribution in [2.45, 2.75) is 6.54 Å². The van der Waals surface area contributed by atoms with Crippen LogP contribution >= 0.6 is 11.6 Å². The maximum atomic E-state index is 6.12. The molecule has 1 N–H and O–H groups in total. The van der Waals surface area contributed by atoms with E-state index >= 15 is 0 Å². The van der Waals surface area contributed by atoms with Gasteiger partial charge in [0.2, 0.25) is 5.28 Å². The Hall–Kier alpha value is -2.99. The summed E-state index contributed by atoms with van der Waals surface area (Å²) in [5.74, 6) is 0.658. The van der Waals surface area contributed by atoms with Crippen LogP contribution in [0.5, 0.6) is 0 Å². The van der Waals surface area contributed by atoms with Gasteiger partial charge in [-0.15, -0.1) is 0 Å². The average Bonchev–Trinajstić information content (AvgIpc) is 2.98. The predicted molar refractivity (Wildman–Crippen MR) is 98.3 cm³/mol. The minimum absolute atomic E-state index is 0.184. The van der Waals surface area contributed by atoms with Gasteiger partial charge in [0.05, 0.1) is 5.39 Å². The molecular formula is C18H15ClN6. The van der Waals surface area contributed by atoms with Gasteiger partial charge in [0.25, 0.3) is 0 Å². The third kappa shape index (κ3) is 3.04. The third-order valence-electron chi connectivity index (χ3n) is 3.89. The van der Waals surface area contributed by atoms with Gasteiger partial charge in [0.15, 0.2) is 5.65 Å². The summed E-state index contributed by atoms with van der Waals surface area (Å²) in [7, 11) is 1.84. The second-order valence-corrected chi connectivity index (χ2v) is 5.93. The molecule has 3 aromatic heterocycles. The molecule has 0 radical (unpaired) electrons. The van der Waals surface area contributed by atoms with Crippen molar-refractivity contribution in [3.05, 3.63) is 65.7 Å². The van der Waals surface area contributed by atoms with Gasteiger partial charge in [-0.2, -0.15) is 15.1 Å². The molecular weight excluding hydrogens is 336 g/mol. The lowest BCUT2D eigenvalue weighted by Gasteiger charge is -2.08. The van der Waals surface area contributed by atoms with Crippen LogP contribution in [-0.4, -0.2) is 24.7 Å². The van der Waals surface area contributed by atoms with Gasteiger partial charge in [-0.05, 0) is 29.3 Å². The molecule has 124 valence electrons. The molecule has 0 aliphatic rings. The average molecular weight is 351 g/mol. The number of hydrogen-bond donors (Lipinski definition) is 1. The molecule has 4 rings (SSSR count). The first-order valence-electron chi connectivity index (χ1n) is 7.81. The summed E-state index contributed by atoms with van der Waals surface area (Å²) in [5, 5.41) is 8.96. The molecule has 25 heavy (non-hydrogen) atoms. The van der Waals surface area contributed by atoms with Crippen LogP contribution in [-0.2, 0) is 13.6 Å². The fourth-order valence-corrected chi connectivity index (χ4v) is 2.90. The van der Waals surface area contributed by atoms with Crippen molar-refractivity contribution < 1.29 is 0 Å². The number of nitrogens with one attached hydrogen (secondary N) is 1. The number of nitrogens with zero attached hydrogens (tertiary/aromatic N) is 5. The first-order chi connectivity index (χ1) is 12.2. The van der Waals surface area contributed by atoms with Gasteiger partial charge in [0, 0.05) is 31.5 Å². The zero-order valence-corrected chi connectivity index (χ0v) is 14.3. The van der Waals surface area contributed by atoms with Gasteiger partial charge in [-0.3, -0.25) is 4.98 Å². The van der Waals surface area contributed by atoms with E-state index < -0.39 is 0 Å². The number of benzene rings is 1. The molecule has 0 saturated carbocycles. The smallest absolute Gasteiger partial charge is 0.226 e. The van der Waals surface area contributed by atoms with Crippen LogP contribution in [0.15, 0.2) is 54.9 Å². The zero-order chi connectivity index (χ0) is 17.2. The number of rotatable bonds is 4. The van der Waals surface area contributed by atoms with Crippen LogP contribution < -0.4 is 5.32 Å². The Morgan fingerprint density at radius 2 is 1.92 bits per heavy atom. The van der Waals surface area contributed by atoms with Crippen LogP contribution in [0.25, 0.3) is 22.3 Å². The summed E-state index contributed by atoms with van der Waals surface area (Å²) in [5.41, 5.74) is 3.51. The molecule has 0 spiro atoms. The predicted octanol–water partition coefficient (Wildman–Crippen LogP) is 3.69. The van der Waals surface area contributed by atoms with Gasteiger partial charge < -0.3 is 5.32 Å². The Balaban J connectivity index is 1.82. The molecule has 0 unspecified atom stereocenters. The molecule has 0 amide bonds. The lowest BCUT2D eigenvalue weighted by molar-refractivity contribution is 0.788. The number of aryl methyl sites for hydroxylation is 1. The third-order valence-corrected chi connectivity index (χ3v) is 4.06. The van der Waals surface area contributed by atoms with Crippen molar-refractivity contribution in [2.75, 3.05) is 5.32 Å². The summed E-state index contributed by atoms with van der Waals surface area (Å²) in [6.45, 7) is 0.630. The Labute approximate surface area is 149 Å². The molecule has 1 aromatic carbocycles. The van der Waals surface area contributed by atoms with E-state index in [9.17, 15) is 0 Å². The standard InChI is InChI=1S/C18H15ClN6/c1-25-17-14(15(24-25)13-8-5-9-20-11-13)16(22-18(19)23-17)21-10-12-6-3-2-4-7-12/h2-9,11H,10H2,1H3,(H,21,22,23). The molecule has 3 heterocycles. The molecule has 0 bridgehead atoms. The van der Waals surface area contributed by atoms with E-state index in [-0.39, 0.29) is 5.28 Å².